The molecule has 1 aliphatic carbocycles. The van der Waals surface area contributed by atoms with E-state index < -0.39 is 5.54 Å². The first-order valence-corrected chi connectivity index (χ1v) is 5.55. The van der Waals surface area contributed by atoms with E-state index >= 15 is 0 Å². The Bertz CT molecular complexity index is 261. The lowest BCUT2D eigenvalue weighted by Crippen LogP contribution is -2.46. The molecule has 0 saturated heterocycles. The third kappa shape index (κ3) is 2.69. The third-order valence-corrected chi connectivity index (χ3v) is 3.25. The van der Waals surface area contributed by atoms with Crippen molar-refractivity contribution in [3.8, 4) is 6.07 Å². The summed E-state index contributed by atoms with van der Waals surface area (Å²) in [5, 5.41) is 15.0. The highest BCUT2D eigenvalue weighted by Gasteiger charge is 2.36. The van der Waals surface area contributed by atoms with Crippen LogP contribution in [0.3, 0.4) is 0 Å². The number of hydrogen-bond acceptors (Lipinski definition) is 3. The Morgan fingerprint density at radius 2 is 2.13 bits per heavy atom. The van der Waals surface area contributed by atoms with Crippen LogP contribution in [0.4, 0.5) is 0 Å². The van der Waals surface area contributed by atoms with Gasteiger partial charge in [0, 0.05) is 12.5 Å². The molecule has 4 nitrogen and oxygen atoms in total. The standard InChI is InChI=1S/C11H19N3O/c1-3-14-10(15)9-4-6-11(8-12,13-2)7-5-9/h9,13H,3-7H2,1-2H3,(H,14,15). The fourth-order valence-electron chi connectivity index (χ4n) is 2.11. The average Bonchev–Trinajstić information content (AvgIpc) is 2.29. The van der Waals surface area contributed by atoms with E-state index in [1.165, 1.54) is 0 Å². The Labute approximate surface area is 91.0 Å². The molecule has 0 spiro atoms. The first-order chi connectivity index (χ1) is 7.17. The van der Waals surface area contributed by atoms with Gasteiger partial charge in [-0.1, -0.05) is 0 Å². The average molecular weight is 209 g/mol. The van der Waals surface area contributed by atoms with Gasteiger partial charge in [-0.05, 0) is 39.7 Å². The molecular weight excluding hydrogens is 190 g/mol. The van der Waals surface area contributed by atoms with Crippen LogP contribution in [0.25, 0.3) is 0 Å². The summed E-state index contributed by atoms with van der Waals surface area (Å²) in [4.78, 5) is 11.6. The Morgan fingerprint density at radius 1 is 1.53 bits per heavy atom. The van der Waals surface area contributed by atoms with Crippen LogP contribution in [-0.2, 0) is 4.79 Å². The number of carbonyl (C=O) groups is 1. The van der Waals surface area contributed by atoms with Gasteiger partial charge in [0.2, 0.25) is 5.91 Å². The number of nitriles is 1. The molecule has 1 amide bonds. The zero-order valence-corrected chi connectivity index (χ0v) is 9.47. The Balaban J connectivity index is 2.49. The summed E-state index contributed by atoms with van der Waals surface area (Å²) in [5.41, 5.74) is -0.400. The van der Waals surface area contributed by atoms with Crippen LogP contribution in [0, 0.1) is 17.2 Å². The summed E-state index contributed by atoms with van der Waals surface area (Å²) in [6, 6.07) is 2.32. The van der Waals surface area contributed by atoms with E-state index in [0.29, 0.717) is 6.54 Å². The van der Waals surface area contributed by atoms with Crippen molar-refractivity contribution < 1.29 is 4.79 Å². The summed E-state index contributed by atoms with van der Waals surface area (Å²) in [7, 11) is 1.82. The molecule has 1 rings (SSSR count). The zero-order valence-electron chi connectivity index (χ0n) is 9.47. The summed E-state index contributed by atoms with van der Waals surface area (Å²) >= 11 is 0. The predicted molar refractivity (Wildman–Crippen MR) is 58.0 cm³/mol. The van der Waals surface area contributed by atoms with E-state index in [2.05, 4.69) is 16.7 Å². The molecule has 2 N–H and O–H groups in total. The monoisotopic (exact) mass is 209 g/mol. The van der Waals surface area contributed by atoms with Crippen molar-refractivity contribution in [1.29, 1.82) is 5.26 Å². The van der Waals surface area contributed by atoms with Crippen molar-refractivity contribution in [2.75, 3.05) is 13.6 Å². The van der Waals surface area contributed by atoms with Gasteiger partial charge in [-0.15, -0.1) is 0 Å². The molecular formula is C11H19N3O. The molecule has 0 unspecified atom stereocenters. The quantitative estimate of drug-likeness (QED) is 0.722. The molecule has 0 atom stereocenters. The fraction of sp³-hybridized carbons (Fsp3) is 0.818. The third-order valence-electron chi connectivity index (χ3n) is 3.25. The molecule has 0 bridgehead atoms. The Hall–Kier alpha value is -1.08. The molecule has 0 aromatic heterocycles. The van der Waals surface area contributed by atoms with Gasteiger partial charge in [0.15, 0.2) is 0 Å². The van der Waals surface area contributed by atoms with Crippen molar-refractivity contribution >= 4 is 5.91 Å². The van der Waals surface area contributed by atoms with E-state index in [-0.39, 0.29) is 11.8 Å². The van der Waals surface area contributed by atoms with E-state index in [1.807, 2.05) is 14.0 Å². The van der Waals surface area contributed by atoms with Gasteiger partial charge in [0.1, 0.15) is 5.54 Å². The van der Waals surface area contributed by atoms with E-state index in [1.54, 1.807) is 0 Å². The van der Waals surface area contributed by atoms with Gasteiger partial charge >= 0.3 is 0 Å². The molecule has 1 saturated carbocycles. The second-order valence-electron chi connectivity index (χ2n) is 4.11. The molecule has 0 radical (unpaired) electrons. The molecule has 0 aromatic carbocycles. The van der Waals surface area contributed by atoms with Gasteiger partial charge < -0.3 is 10.6 Å². The van der Waals surface area contributed by atoms with E-state index in [0.717, 1.165) is 25.7 Å². The van der Waals surface area contributed by atoms with Crippen molar-refractivity contribution in [2.24, 2.45) is 5.92 Å². The highest BCUT2D eigenvalue weighted by atomic mass is 16.1. The zero-order chi connectivity index (χ0) is 11.3. The SMILES string of the molecule is CCNC(=O)C1CCC(C#N)(NC)CC1. The molecule has 1 aliphatic rings. The molecule has 0 heterocycles. The van der Waals surface area contributed by atoms with Gasteiger partial charge in [-0.3, -0.25) is 4.79 Å². The van der Waals surface area contributed by atoms with Gasteiger partial charge in [0.25, 0.3) is 0 Å². The molecule has 84 valence electrons. The largest absolute Gasteiger partial charge is 0.356 e. The van der Waals surface area contributed by atoms with Crippen LogP contribution < -0.4 is 10.6 Å². The minimum Gasteiger partial charge on any atom is -0.356 e. The number of carbonyl (C=O) groups excluding carboxylic acids is 1. The fourth-order valence-corrected chi connectivity index (χ4v) is 2.11. The van der Waals surface area contributed by atoms with Crippen molar-refractivity contribution in [3.63, 3.8) is 0 Å². The van der Waals surface area contributed by atoms with Crippen molar-refractivity contribution in [1.82, 2.24) is 10.6 Å². The smallest absolute Gasteiger partial charge is 0.223 e. The lowest BCUT2D eigenvalue weighted by atomic mass is 9.77. The van der Waals surface area contributed by atoms with Gasteiger partial charge in [-0.2, -0.15) is 5.26 Å². The minimum absolute atomic E-state index is 0.0970. The van der Waals surface area contributed by atoms with Crippen LogP contribution >= 0.6 is 0 Å². The van der Waals surface area contributed by atoms with Crippen molar-refractivity contribution in [3.05, 3.63) is 0 Å². The first kappa shape index (κ1) is 12.0. The van der Waals surface area contributed by atoms with Crippen LogP contribution in [0.5, 0.6) is 0 Å². The highest BCUT2D eigenvalue weighted by molar-refractivity contribution is 5.78. The minimum atomic E-state index is -0.400. The number of nitrogens with zero attached hydrogens (tertiary/aromatic N) is 1. The summed E-state index contributed by atoms with van der Waals surface area (Å²) in [6.45, 7) is 2.61. The number of rotatable bonds is 3. The maximum atomic E-state index is 11.6. The van der Waals surface area contributed by atoms with Gasteiger partial charge in [0.05, 0.1) is 6.07 Å². The molecule has 0 aromatic rings. The topological polar surface area (TPSA) is 64.9 Å². The lowest BCUT2D eigenvalue weighted by Gasteiger charge is -2.33. The maximum Gasteiger partial charge on any atom is 0.223 e. The van der Waals surface area contributed by atoms with Crippen LogP contribution in [0.1, 0.15) is 32.6 Å². The number of nitrogens with one attached hydrogen (secondary N) is 2. The second kappa shape index (κ2) is 5.13. The highest BCUT2D eigenvalue weighted by Crippen LogP contribution is 2.31. The first-order valence-electron chi connectivity index (χ1n) is 5.55. The van der Waals surface area contributed by atoms with Crippen LogP contribution in [-0.4, -0.2) is 25.0 Å². The van der Waals surface area contributed by atoms with E-state index in [4.69, 9.17) is 5.26 Å². The predicted octanol–water partition coefficient (Wildman–Crippen LogP) is 0.794. The lowest BCUT2D eigenvalue weighted by molar-refractivity contribution is -0.126. The van der Waals surface area contributed by atoms with Gasteiger partial charge in [-0.25, -0.2) is 0 Å². The Morgan fingerprint density at radius 3 is 2.53 bits per heavy atom. The number of amides is 1. The molecule has 1 fully saturated rings. The molecule has 4 heteroatoms. The maximum absolute atomic E-state index is 11.6. The summed E-state index contributed by atoms with van der Waals surface area (Å²) in [6.07, 6.45) is 3.14. The Kier molecular flexibility index (Phi) is 4.10. The molecule has 15 heavy (non-hydrogen) atoms. The summed E-state index contributed by atoms with van der Waals surface area (Å²) in [5.74, 6) is 0.236. The van der Waals surface area contributed by atoms with E-state index in [9.17, 15) is 4.79 Å². The second-order valence-corrected chi connectivity index (χ2v) is 4.11. The summed E-state index contributed by atoms with van der Waals surface area (Å²) < 4.78 is 0. The number of hydrogen-bond donors (Lipinski definition) is 2. The molecule has 0 aliphatic heterocycles. The van der Waals surface area contributed by atoms with Crippen LogP contribution in [0.15, 0.2) is 0 Å². The van der Waals surface area contributed by atoms with Crippen molar-refractivity contribution in [2.45, 2.75) is 38.1 Å². The van der Waals surface area contributed by atoms with Crippen LogP contribution in [0.2, 0.25) is 0 Å². The normalized spacial score (nSPS) is 30.6.